The predicted molar refractivity (Wildman–Crippen MR) is 82.9 cm³/mol. The van der Waals surface area contributed by atoms with Crippen LogP contribution in [0.15, 0.2) is 0 Å². The number of rotatable bonds is 11. The summed E-state index contributed by atoms with van der Waals surface area (Å²) < 4.78 is 0. The smallest absolute Gasteiger partial charge is 0.322 e. The number of carbonyl (C=O) groups excluding carboxylic acids is 2. The standard InChI is InChI=1S/C14H28N4O4/c1-3-9(2)12(16)14(22)18-10(6-4-5-7-15)13(21)17-8-11(19)20/h9-10,12H,3-8,15-16H2,1-2H3,(H,17,21)(H,18,22)(H,19,20)/t9-,10-,12-/m0/s1. The number of carboxylic acid groups (broad SMARTS) is 1. The third-order valence-corrected chi connectivity index (χ3v) is 3.55. The SMILES string of the molecule is CC[C@H](C)[C@H](N)C(=O)N[C@@H](CCCCN)C(=O)NCC(=O)O. The van der Waals surface area contributed by atoms with E-state index in [1.807, 2.05) is 13.8 Å². The first-order valence-electron chi connectivity index (χ1n) is 7.58. The van der Waals surface area contributed by atoms with Gasteiger partial charge in [-0.3, -0.25) is 14.4 Å². The molecule has 0 radical (unpaired) electrons. The van der Waals surface area contributed by atoms with E-state index in [2.05, 4.69) is 10.6 Å². The van der Waals surface area contributed by atoms with Crippen LogP contribution in [-0.4, -0.2) is 48.1 Å². The lowest BCUT2D eigenvalue weighted by atomic mass is 9.98. The van der Waals surface area contributed by atoms with Gasteiger partial charge in [0.1, 0.15) is 12.6 Å². The molecule has 0 saturated heterocycles. The van der Waals surface area contributed by atoms with Gasteiger partial charge in [-0.05, 0) is 31.7 Å². The minimum Gasteiger partial charge on any atom is -0.480 e. The van der Waals surface area contributed by atoms with Crippen molar-refractivity contribution in [3.8, 4) is 0 Å². The minimum atomic E-state index is -1.14. The number of carbonyl (C=O) groups is 3. The van der Waals surface area contributed by atoms with Gasteiger partial charge in [-0.15, -0.1) is 0 Å². The van der Waals surface area contributed by atoms with E-state index in [-0.39, 0.29) is 5.92 Å². The highest BCUT2D eigenvalue weighted by molar-refractivity contribution is 5.91. The van der Waals surface area contributed by atoms with Crippen molar-refractivity contribution in [1.82, 2.24) is 10.6 Å². The average molecular weight is 316 g/mol. The molecule has 0 saturated carbocycles. The molecule has 0 unspecified atom stereocenters. The number of carboxylic acids is 1. The van der Waals surface area contributed by atoms with Gasteiger partial charge in [-0.1, -0.05) is 20.3 Å². The Labute approximate surface area is 131 Å². The Morgan fingerprint density at radius 1 is 1.18 bits per heavy atom. The van der Waals surface area contributed by atoms with Crippen molar-refractivity contribution in [2.75, 3.05) is 13.1 Å². The quantitative estimate of drug-likeness (QED) is 0.314. The summed E-state index contributed by atoms with van der Waals surface area (Å²) in [6, 6.07) is -1.50. The van der Waals surface area contributed by atoms with Gasteiger partial charge >= 0.3 is 5.97 Å². The van der Waals surface area contributed by atoms with Crippen LogP contribution in [0.1, 0.15) is 39.5 Å². The van der Waals surface area contributed by atoms with Gasteiger partial charge in [0.2, 0.25) is 11.8 Å². The van der Waals surface area contributed by atoms with E-state index in [1.165, 1.54) is 0 Å². The monoisotopic (exact) mass is 316 g/mol. The molecule has 0 spiro atoms. The number of aliphatic carboxylic acids is 1. The van der Waals surface area contributed by atoms with Gasteiger partial charge in [-0.2, -0.15) is 0 Å². The summed E-state index contributed by atoms with van der Waals surface area (Å²) in [6.45, 7) is 3.79. The van der Waals surface area contributed by atoms with Crippen molar-refractivity contribution in [3.05, 3.63) is 0 Å². The van der Waals surface area contributed by atoms with Crippen molar-refractivity contribution in [2.24, 2.45) is 17.4 Å². The molecule has 128 valence electrons. The predicted octanol–water partition coefficient (Wildman–Crippen LogP) is -0.826. The first kappa shape index (κ1) is 20.3. The second-order valence-electron chi connectivity index (χ2n) is 5.37. The zero-order chi connectivity index (χ0) is 17.1. The lowest BCUT2D eigenvalue weighted by Gasteiger charge is -2.22. The molecule has 7 N–H and O–H groups in total. The lowest BCUT2D eigenvalue weighted by Crippen LogP contribution is -2.53. The zero-order valence-electron chi connectivity index (χ0n) is 13.3. The molecule has 3 atom stereocenters. The maximum absolute atomic E-state index is 12.1. The summed E-state index contributed by atoms with van der Waals surface area (Å²) in [5.74, 6) is -2.08. The molecular weight excluding hydrogens is 288 g/mol. The second kappa shape index (κ2) is 11.0. The Bertz CT molecular complexity index is 376. The Balaban J connectivity index is 4.66. The molecule has 0 heterocycles. The summed E-state index contributed by atoms with van der Waals surface area (Å²) in [6.07, 6.45) is 2.51. The maximum atomic E-state index is 12.1. The molecule has 0 aliphatic heterocycles. The maximum Gasteiger partial charge on any atom is 0.322 e. The number of amides is 2. The molecule has 0 bridgehead atoms. The molecule has 0 aromatic carbocycles. The van der Waals surface area contributed by atoms with E-state index >= 15 is 0 Å². The van der Waals surface area contributed by atoms with E-state index < -0.39 is 36.4 Å². The average Bonchev–Trinajstić information content (AvgIpc) is 2.49. The van der Waals surface area contributed by atoms with Crippen molar-refractivity contribution < 1.29 is 19.5 Å². The summed E-state index contributed by atoms with van der Waals surface area (Å²) >= 11 is 0. The van der Waals surface area contributed by atoms with Crippen LogP contribution < -0.4 is 22.1 Å². The first-order valence-corrected chi connectivity index (χ1v) is 7.58. The Morgan fingerprint density at radius 3 is 2.32 bits per heavy atom. The van der Waals surface area contributed by atoms with E-state index in [0.717, 1.165) is 12.8 Å². The number of hydrogen-bond donors (Lipinski definition) is 5. The van der Waals surface area contributed by atoms with Gasteiger partial charge in [0.25, 0.3) is 0 Å². The molecule has 22 heavy (non-hydrogen) atoms. The zero-order valence-corrected chi connectivity index (χ0v) is 13.3. The molecule has 0 rings (SSSR count). The Kier molecular flexibility index (Phi) is 10.1. The first-order chi connectivity index (χ1) is 10.3. The Hall–Kier alpha value is -1.67. The molecular formula is C14H28N4O4. The van der Waals surface area contributed by atoms with Gasteiger partial charge < -0.3 is 27.2 Å². The summed E-state index contributed by atoms with van der Waals surface area (Å²) in [7, 11) is 0. The number of nitrogens with two attached hydrogens (primary N) is 2. The normalized spacial score (nSPS) is 14.7. The fraction of sp³-hybridized carbons (Fsp3) is 0.786. The number of unbranched alkanes of at least 4 members (excludes halogenated alkanes) is 1. The third-order valence-electron chi connectivity index (χ3n) is 3.55. The van der Waals surface area contributed by atoms with Crippen LogP contribution in [0.4, 0.5) is 0 Å². The van der Waals surface area contributed by atoms with Gasteiger partial charge in [0, 0.05) is 0 Å². The Morgan fingerprint density at radius 2 is 1.82 bits per heavy atom. The van der Waals surface area contributed by atoms with E-state index in [9.17, 15) is 14.4 Å². The molecule has 0 fully saturated rings. The van der Waals surface area contributed by atoms with Crippen LogP contribution in [0.2, 0.25) is 0 Å². The number of hydrogen-bond acceptors (Lipinski definition) is 5. The van der Waals surface area contributed by atoms with Crippen LogP contribution in [0.5, 0.6) is 0 Å². The highest BCUT2D eigenvalue weighted by Crippen LogP contribution is 2.07. The van der Waals surface area contributed by atoms with E-state index in [1.54, 1.807) is 0 Å². The summed E-state index contributed by atoms with van der Waals surface area (Å²) in [5, 5.41) is 13.5. The highest BCUT2D eigenvalue weighted by atomic mass is 16.4. The molecule has 8 heteroatoms. The van der Waals surface area contributed by atoms with E-state index in [4.69, 9.17) is 16.6 Å². The molecule has 2 amide bonds. The van der Waals surface area contributed by atoms with Crippen LogP contribution in [0, 0.1) is 5.92 Å². The van der Waals surface area contributed by atoms with Gasteiger partial charge in [-0.25, -0.2) is 0 Å². The largest absolute Gasteiger partial charge is 0.480 e. The minimum absolute atomic E-state index is 0.00762. The van der Waals surface area contributed by atoms with Crippen molar-refractivity contribution in [1.29, 1.82) is 0 Å². The van der Waals surface area contributed by atoms with Crippen LogP contribution in [0.25, 0.3) is 0 Å². The second-order valence-corrected chi connectivity index (χ2v) is 5.37. The lowest BCUT2D eigenvalue weighted by molar-refractivity contribution is -0.138. The van der Waals surface area contributed by atoms with Crippen LogP contribution >= 0.6 is 0 Å². The van der Waals surface area contributed by atoms with Crippen LogP contribution in [0.3, 0.4) is 0 Å². The molecule has 0 aliphatic rings. The highest BCUT2D eigenvalue weighted by Gasteiger charge is 2.25. The van der Waals surface area contributed by atoms with Crippen molar-refractivity contribution >= 4 is 17.8 Å². The molecule has 0 aromatic heterocycles. The fourth-order valence-corrected chi connectivity index (χ4v) is 1.83. The van der Waals surface area contributed by atoms with Crippen LogP contribution in [-0.2, 0) is 14.4 Å². The van der Waals surface area contributed by atoms with Gasteiger partial charge in [0.15, 0.2) is 0 Å². The van der Waals surface area contributed by atoms with Crippen molar-refractivity contribution in [2.45, 2.75) is 51.6 Å². The fourth-order valence-electron chi connectivity index (χ4n) is 1.83. The molecule has 8 nitrogen and oxygen atoms in total. The number of nitrogens with one attached hydrogen (secondary N) is 2. The topological polar surface area (TPSA) is 148 Å². The molecule has 0 aliphatic carbocycles. The van der Waals surface area contributed by atoms with Gasteiger partial charge in [0.05, 0.1) is 6.04 Å². The van der Waals surface area contributed by atoms with Crippen molar-refractivity contribution in [3.63, 3.8) is 0 Å². The summed E-state index contributed by atoms with van der Waals surface area (Å²) in [4.78, 5) is 34.6. The third kappa shape index (κ3) is 7.94. The summed E-state index contributed by atoms with van der Waals surface area (Å²) in [5.41, 5.74) is 11.2. The van der Waals surface area contributed by atoms with E-state index in [0.29, 0.717) is 19.4 Å². The molecule has 0 aromatic rings.